The van der Waals surface area contributed by atoms with Crippen LogP contribution in [-0.2, 0) is 81.0 Å². The van der Waals surface area contributed by atoms with Crippen molar-refractivity contribution in [1.82, 2.24) is 0 Å². The van der Waals surface area contributed by atoms with Crippen molar-refractivity contribution in [2.45, 2.75) is 202 Å². The number of carbonyl (C=O) groups is 3. The third-order valence-electron chi connectivity index (χ3n) is 24.5. The summed E-state index contributed by atoms with van der Waals surface area (Å²) < 4.78 is 144. The van der Waals surface area contributed by atoms with Crippen molar-refractivity contribution >= 4 is 147 Å². The summed E-state index contributed by atoms with van der Waals surface area (Å²) in [5.74, 6) is -0.972. The first-order valence-corrected chi connectivity index (χ1v) is 51.0. The second kappa shape index (κ2) is 47.6. The van der Waals surface area contributed by atoms with Crippen molar-refractivity contribution in [3.63, 3.8) is 0 Å². The van der Waals surface area contributed by atoms with Crippen LogP contribution in [0.1, 0.15) is 203 Å². The Morgan fingerprint density at radius 1 is 0.511 bits per heavy atom. The molecule has 0 bridgehead atoms. The van der Waals surface area contributed by atoms with Crippen LogP contribution in [0.3, 0.4) is 0 Å². The Labute approximate surface area is 808 Å². The smallest absolute Gasteiger partial charge is 0.748 e. The molecule has 708 valence electrons. The largest absolute Gasteiger partial charge is 1.00 e. The van der Waals surface area contributed by atoms with Crippen LogP contribution in [0, 0.1) is 0 Å². The summed E-state index contributed by atoms with van der Waals surface area (Å²) in [6.45, 7) is 24.5. The molecule has 1 saturated heterocycles. The van der Waals surface area contributed by atoms with Crippen LogP contribution in [0.5, 0.6) is 11.5 Å². The van der Waals surface area contributed by atoms with Gasteiger partial charge in [-0.3, -0.25) is 24.3 Å². The molecule has 5 aliphatic heterocycles. The van der Waals surface area contributed by atoms with Crippen molar-refractivity contribution in [1.29, 1.82) is 0 Å². The molecule has 14 rings (SSSR count). The number of sulfone groups is 1. The number of ether oxygens (including phenoxy) is 3. The van der Waals surface area contributed by atoms with Crippen molar-refractivity contribution in [3.8, 4) is 11.5 Å². The number of unbranched alkanes of at least 4 members (excludes halogenated alkanes) is 7. The van der Waals surface area contributed by atoms with E-state index in [-0.39, 0.29) is 104 Å². The van der Waals surface area contributed by atoms with Gasteiger partial charge in [-0.15, -0.1) is 0 Å². The quantitative estimate of drug-likeness (QED) is 0.0121. The van der Waals surface area contributed by atoms with Crippen molar-refractivity contribution < 1.29 is 125 Å². The minimum Gasteiger partial charge on any atom is -0.748 e. The molecule has 1 fully saturated rings. The zero-order valence-electron chi connectivity index (χ0n) is 76.9. The van der Waals surface area contributed by atoms with E-state index in [1.54, 1.807) is 11.1 Å². The van der Waals surface area contributed by atoms with Crippen LogP contribution in [-0.4, -0.2) is 170 Å². The molecule has 2 N–H and O–H groups in total. The van der Waals surface area contributed by atoms with Gasteiger partial charge in [0, 0.05) is 138 Å². The molecular weight excluding hydrogens is 1770 g/mol. The molecule has 133 heavy (non-hydrogen) atoms. The van der Waals surface area contributed by atoms with Gasteiger partial charge in [-0.1, -0.05) is 158 Å². The van der Waals surface area contributed by atoms with E-state index < -0.39 is 69.1 Å². The number of hydrogen-bond donors (Lipinski definition) is 2. The van der Waals surface area contributed by atoms with Crippen molar-refractivity contribution in [2.75, 3.05) is 78.2 Å². The number of fused-ring (bicyclic) bond motifs is 12. The van der Waals surface area contributed by atoms with E-state index in [0.717, 1.165) is 121 Å². The third-order valence-corrected chi connectivity index (χ3v) is 28.3. The summed E-state index contributed by atoms with van der Waals surface area (Å²) in [6.07, 6.45) is 25.8. The van der Waals surface area contributed by atoms with Crippen LogP contribution in [0.4, 0.5) is 28.4 Å². The Hall–Kier alpha value is -9.82. The van der Waals surface area contributed by atoms with Gasteiger partial charge in [0.05, 0.1) is 65.8 Å². The minimum atomic E-state index is -4.33. The first kappa shape index (κ1) is 109. The summed E-state index contributed by atoms with van der Waals surface area (Å²) in [4.78, 5) is 42.2. The number of aliphatic carboxylic acids is 2. The molecule has 0 aliphatic carbocycles. The standard InChI is InChI=1S/C47H56N2O9S2.C30H32N2O4S.C21H25NO3.C4H8O3S.2CH4.Na/c1-46(2)41(48(28-12-15-31-59(52,53)54)39-26-23-34-17-10-11-18-37(34)44(39)46)19-7-5-8-20-42-47(3,4)45-38-33-36(58-30-14-6-9-21-43(50)51)25-22-35(38)24-27-40(45)49(42)29-13-16-32-60(55,56)57;1-23(33)31(25-14-5-4-6-15-25)20-10-9-17-28-30(2,3)29-26-16-8-7-13-24(26)18-19-27(29)32(28)21-11-12-22-37(34,35)36;1-14-21(2,3)20-17-13-16(25-12-6-4-5-7-19(23)24)10-8-15(17)9-11-18(20)22-14;5-8(6)3-1-2-7-4-8;;;/h5,7-8,10-11,17-20,22-27,33H,6,9,12-16,21,28-32H2,1-4H3,(H2-,50,51,52,53,54,55,56,57);4-10,13-20H,11-12,21-22H2,1-3H3;8-11,13H,4-7,12H2,1-3H3,(H,23,24);1-4H2;2*1H4;/q;;;;;;+1/p-1. The normalized spacial score (nSPS) is 16.3. The number of nitrogens with zero attached hydrogens (tertiary/aromatic N) is 5. The molecule has 0 unspecified atom stereocenters. The van der Waals surface area contributed by atoms with E-state index in [9.17, 15) is 61.7 Å². The number of aliphatic imine (C=N–C) groups is 1. The number of rotatable bonds is 36. The Bertz CT molecular complexity index is 6420. The fraction of sp³-hybridized carbons (Fsp3) is 0.404. The maximum absolute atomic E-state index is 12.2. The van der Waals surface area contributed by atoms with Gasteiger partial charge in [0.25, 0.3) is 0 Å². The molecule has 0 atom stereocenters. The summed E-state index contributed by atoms with van der Waals surface area (Å²) in [7, 11) is -15.7. The van der Waals surface area contributed by atoms with Gasteiger partial charge in [-0.25, -0.2) is 33.7 Å². The van der Waals surface area contributed by atoms with Gasteiger partial charge in [-0.2, -0.15) is 9.15 Å². The molecule has 1 amide bonds. The Kier molecular flexibility index (Phi) is 38.8. The SMILES string of the molecule is C.C.CC(=O)N(/C=C/C=C/C1=[N+](CCCCS(=O)(=O)[O-])c2ccc3ccccc3c2C1(C)C)c1ccccc1.CC1(C)C(=CC=CC=CC2=[N+](CCCCS(=O)(=O)[O-])c3ccc4ccc(OCCCCCC(=O)O)cc4c3C2(C)C)N(CCCCS(=O)(=O)[O-])c2ccc3ccccc3c21.CC1=Nc2ccc3ccc(OCCCCCC(=O)O)cc3c2C1(C)C.O=S1(=O)CCCOC1.[Na+]. The van der Waals surface area contributed by atoms with E-state index in [1.165, 1.54) is 39.8 Å². The average molecular weight is 1900 g/mol. The first-order chi connectivity index (χ1) is 61.6. The van der Waals surface area contributed by atoms with Crippen LogP contribution < -0.4 is 48.8 Å². The van der Waals surface area contributed by atoms with Gasteiger partial charge in [0.2, 0.25) is 17.3 Å². The molecule has 9 aromatic rings. The number of carboxylic acid groups (broad SMARTS) is 2. The summed E-state index contributed by atoms with van der Waals surface area (Å²) >= 11 is 0. The zero-order valence-corrected chi connectivity index (χ0v) is 82.1. The van der Waals surface area contributed by atoms with Gasteiger partial charge >= 0.3 is 41.5 Å². The van der Waals surface area contributed by atoms with E-state index in [2.05, 4.69) is 186 Å². The molecule has 5 heterocycles. The number of amides is 1. The van der Waals surface area contributed by atoms with Gasteiger partial charge in [0.1, 0.15) is 30.5 Å². The third kappa shape index (κ3) is 28.4. The van der Waals surface area contributed by atoms with E-state index >= 15 is 0 Å². The molecule has 24 nitrogen and oxygen atoms in total. The summed E-state index contributed by atoms with van der Waals surface area (Å²) in [5, 5.41) is 26.7. The molecule has 0 radical (unpaired) electrons. The van der Waals surface area contributed by atoms with Crippen LogP contribution >= 0.6 is 0 Å². The molecule has 29 heteroatoms. The number of benzene rings is 9. The maximum Gasteiger partial charge on any atom is 1.00 e. The van der Waals surface area contributed by atoms with Crippen molar-refractivity contribution in [2.24, 2.45) is 4.99 Å². The average Bonchev–Trinajstić information content (AvgIpc) is 1.58. The number of para-hydroxylation sites is 1. The Balaban J connectivity index is 0.000000252. The molecule has 0 aromatic heterocycles. The van der Waals surface area contributed by atoms with Crippen LogP contribution in [0.15, 0.2) is 229 Å². The maximum atomic E-state index is 12.2. The monoisotopic (exact) mass is 1900 g/mol. The molecule has 9 aromatic carbocycles. The molecule has 0 saturated carbocycles. The number of carbonyl (C=O) groups excluding carboxylic acids is 1. The molecular formula is C104H128N5NaO19S4. The van der Waals surface area contributed by atoms with E-state index in [0.29, 0.717) is 90.2 Å². The van der Waals surface area contributed by atoms with Crippen LogP contribution in [0.2, 0.25) is 0 Å². The fourth-order valence-corrected chi connectivity index (χ4v) is 20.7. The predicted octanol–water partition coefficient (Wildman–Crippen LogP) is 17.8. The number of anilines is 2. The second-order valence-corrected chi connectivity index (χ2v) is 42.2. The number of allylic oxidation sites excluding steroid dienone is 9. The fourth-order valence-electron chi connectivity index (χ4n) is 17.9. The topological polar surface area (TPSA) is 350 Å². The zero-order chi connectivity index (χ0) is 94.0. The van der Waals surface area contributed by atoms with Gasteiger partial charge in [0.15, 0.2) is 21.3 Å². The van der Waals surface area contributed by atoms with E-state index in [4.69, 9.17) is 29.4 Å². The van der Waals surface area contributed by atoms with Crippen LogP contribution in [0.25, 0.3) is 43.1 Å². The molecule has 0 spiro atoms. The molecule has 5 aliphatic rings. The predicted molar refractivity (Wildman–Crippen MR) is 529 cm³/mol. The number of carboxylic acids is 2. The number of hydrogen-bond acceptors (Lipinski definition) is 19. The van der Waals surface area contributed by atoms with Crippen molar-refractivity contribution in [3.05, 3.63) is 247 Å². The Morgan fingerprint density at radius 3 is 1.44 bits per heavy atom. The second-order valence-electron chi connectivity index (χ2n) is 35.5. The summed E-state index contributed by atoms with van der Waals surface area (Å²) in [6, 6.07) is 55.2. The van der Waals surface area contributed by atoms with Gasteiger partial charge in [-0.05, 0) is 232 Å². The Morgan fingerprint density at radius 2 is 0.962 bits per heavy atom. The summed E-state index contributed by atoms with van der Waals surface area (Å²) in [5.41, 5.74) is 12.9. The van der Waals surface area contributed by atoms with Gasteiger partial charge < -0.3 is 43.0 Å². The minimum absolute atomic E-state index is 0. The van der Waals surface area contributed by atoms with E-state index in [1.807, 2.05) is 103 Å². The first-order valence-electron chi connectivity index (χ1n) is 44.4.